The van der Waals surface area contributed by atoms with E-state index >= 15 is 0 Å². The number of alkyl halides is 3. The van der Waals surface area contributed by atoms with E-state index in [9.17, 15) is 22.8 Å². The number of nitrogens with one attached hydrogen (secondary N) is 2. The number of nitrogens with zero attached hydrogens (tertiary/aromatic N) is 1. The SMILES string of the molecule is Cc1nc(CC(=O)Nc2cc(C(F)(F)F)c[nH]c2=O)cs1. The molecule has 2 N–H and O–H groups in total. The van der Waals surface area contributed by atoms with Crippen LogP contribution in [0.4, 0.5) is 18.9 Å². The number of aromatic nitrogens is 2. The fourth-order valence-electron chi connectivity index (χ4n) is 1.59. The summed E-state index contributed by atoms with van der Waals surface area (Å²) in [5, 5.41) is 4.61. The summed E-state index contributed by atoms with van der Waals surface area (Å²) in [6, 6.07) is 0.600. The predicted octanol–water partition coefficient (Wildman–Crippen LogP) is 2.34. The van der Waals surface area contributed by atoms with Crippen LogP contribution in [-0.2, 0) is 17.4 Å². The van der Waals surface area contributed by atoms with Gasteiger partial charge in [-0.2, -0.15) is 13.2 Å². The molecule has 0 saturated heterocycles. The molecule has 9 heteroatoms. The monoisotopic (exact) mass is 317 g/mol. The Kier molecular flexibility index (Phi) is 4.12. The Bertz CT molecular complexity index is 721. The lowest BCUT2D eigenvalue weighted by Gasteiger charge is -2.08. The summed E-state index contributed by atoms with van der Waals surface area (Å²) in [7, 11) is 0. The number of carbonyl (C=O) groups excluding carboxylic acids is 1. The predicted molar refractivity (Wildman–Crippen MR) is 71.2 cm³/mol. The van der Waals surface area contributed by atoms with Crippen LogP contribution in [0.5, 0.6) is 0 Å². The minimum absolute atomic E-state index is 0.111. The fraction of sp³-hybridized carbons (Fsp3) is 0.250. The van der Waals surface area contributed by atoms with E-state index in [2.05, 4.69) is 10.3 Å². The van der Waals surface area contributed by atoms with E-state index in [1.165, 1.54) is 11.3 Å². The quantitative estimate of drug-likeness (QED) is 0.912. The fourth-order valence-corrected chi connectivity index (χ4v) is 2.20. The van der Waals surface area contributed by atoms with Crippen molar-refractivity contribution in [3.8, 4) is 0 Å². The zero-order valence-electron chi connectivity index (χ0n) is 10.7. The topological polar surface area (TPSA) is 74.8 Å². The molecule has 2 aromatic heterocycles. The van der Waals surface area contributed by atoms with Crippen molar-refractivity contribution in [3.63, 3.8) is 0 Å². The van der Waals surface area contributed by atoms with Crippen LogP contribution in [0.15, 0.2) is 22.4 Å². The molecule has 0 atom stereocenters. The Balaban J connectivity index is 2.15. The maximum absolute atomic E-state index is 12.5. The zero-order chi connectivity index (χ0) is 15.6. The van der Waals surface area contributed by atoms with E-state index in [4.69, 9.17) is 0 Å². The molecule has 0 aliphatic rings. The number of hydrogen-bond donors (Lipinski definition) is 2. The third kappa shape index (κ3) is 3.91. The maximum atomic E-state index is 12.5. The van der Waals surface area contributed by atoms with Gasteiger partial charge in [0.1, 0.15) is 5.69 Å². The van der Waals surface area contributed by atoms with Crippen molar-refractivity contribution in [2.75, 3.05) is 5.32 Å². The number of aryl methyl sites for hydroxylation is 1. The highest BCUT2D eigenvalue weighted by Crippen LogP contribution is 2.29. The number of carbonyl (C=O) groups is 1. The summed E-state index contributed by atoms with van der Waals surface area (Å²) >= 11 is 1.35. The Morgan fingerprint density at radius 1 is 1.48 bits per heavy atom. The maximum Gasteiger partial charge on any atom is 0.417 e. The number of halogens is 3. The zero-order valence-corrected chi connectivity index (χ0v) is 11.6. The Morgan fingerprint density at radius 3 is 2.76 bits per heavy atom. The molecule has 21 heavy (non-hydrogen) atoms. The van der Waals surface area contributed by atoms with Crippen LogP contribution >= 0.6 is 11.3 Å². The molecule has 0 fully saturated rings. The smallest absolute Gasteiger partial charge is 0.327 e. The molecule has 2 heterocycles. The van der Waals surface area contributed by atoms with E-state index in [-0.39, 0.29) is 6.42 Å². The van der Waals surface area contributed by atoms with Gasteiger partial charge in [-0.3, -0.25) is 9.59 Å². The van der Waals surface area contributed by atoms with Crippen molar-refractivity contribution in [3.05, 3.63) is 44.3 Å². The highest BCUT2D eigenvalue weighted by atomic mass is 32.1. The van der Waals surface area contributed by atoms with Gasteiger partial charge in [0.25, 0.3) is 5.56 Å². The summed E-state index contributed by atoms with van der Waals surface area (Å²) < 4.78 is 37.6. The van der Waals surface area contributed by atoms with Gasteiger partial charge in [-0.05, 0) is 13.0 Å². The largest absolute Gasteiger partial charge is 0.417 e. The first-order valence-corrected chi connectivity index (χ1v) is 6.64. The summed E-state index contributed by atoms with van der Waals surface area (Å²) in [6.07, 6.45) is -4.16. The second-order valence-electron chi connectivity index (χ2n) is 4.21. The van der Waals surface area contributed by atoms with Crippen LogP contribution in [0.1, 0.15) is 16.3 Å². The Labute approximate surface area is 120 Å². The molecule has 112 valence electrons. The second kappa shape index (κ2) is 5.68. The number of thiazole rings is 1. The lowest BCUT2D eigenvalue weighted by molar-refractivity contribution is -0.137. The van der Waals surface area contributed by atoms with Gasteiger partial charge in [0.15, 0.2) is 0 Å². The normalized spacial score (nSPS) is 11.4. The molecule has 0 spiro atoms. The second-order valence-corrected chi connectivity index (χ2v) is 5.27. The molecule has 0 saturated carbocycles. The molecule has 0 radical (unpaired) electrons. The molecule has 0 aromatic carbocycles. The number of hydrogen-bond acceptors (Lipinski definition) is 4. The van der Waals surface area contributed by atoms with Gasteiger partial charge < -0.3 is 10.3 Å². The van der Waals surface area contributed by atoms with E-state index in [0.717, 1.165) is 5.01 Å². The summed E-state index contributed by atoms with van der Waals surface area (Å²) in [5.74, 6) is -0.606. The van der Waals surface area contributed by atoms with Crippen molar-refractivity contribution in [1.82, 2.24) is 9.97 Å². The van der Waals surface area contributed by atoms with Crippen LogP contribution in [0, 0.1) is 6.92 Å². The first-order valence-electron chi connectivity index (χ1n) is 5.76. The Hall–Kier alpha value is -2.16. The summed E-state index contributed by atoms with van der Waals surface area (Å²) in [5.41, 5.74) is -1.78. The van der Waals surface area contributed by atoms with Crippen molar-refractivity contribution < 1.29 is 18.0 Å². The van der Waals surface area contributed by atoms with E-state index < -0.39 is 28.9 Å². The van der Waals surface area contributed by atoms with Crippen molar-refractivity contribution in [2.24, 2.45) is 0 Å². The van der Waals surface area contributed by atoms with E-state index in [0.29, 0.717) is 18.0 Å². The van der Waals surface area contributed by atoms with Crippen LogP contribution < -0.4 is 10.9 Å². The highest BCUT2D eigenvalue weighted by Gasteiger charge is 2.31. The molecule has 0 aliphatic carbocycles. The number of pyridine rings is 1. The third-order valence-corrected chi connectivity index (χ3v) is 3.34. The molecular formula is C12H10F3N3O2S. The van der Waals surface area contributed by atoms with Gasteiger partial charge in [-0.25, -0.2) is 4.98 Å². The molecule has 0 unspecified atom stereocenters. The van der Waals surface area contributed by atoms with Gasteiger partial charge >= 0.3 is 6.18 Å². The third-order valence-electron chi connectivity index (χ3n) is 2.51. The first kappa shape index (κ1) is 15.2. The standard InChI is InChI=1S/C12H10F3N3O2S/c1-6-17-8(5-21-6)3-10(19)18-9-2-7(12(13,14)15)4-16-11(9)20/h2,4-5H,3H2,1H3,(H,16,20)(H,18,19). The van der Waals surface area contributed by atoms with Crippen LogP contribution in [0.2, 0.25) is 0 Å². The van der Waals surface area contributed by atoms with Gasteiger partial charge in [-0.1, -0.05) is 0 Å². The number of rotatable bonds is 3. The molecular weight excluding hydrogens is 307 g/mol. The molecule has 5 nitrogen and oxygen atoms in total. The number of H-pyrrole nitrogens is 1. The minimum atomic E-state index is -4.60. The number of amides is 1. The van der Waals surface area contributed by atoms with Gasteiger partial charge in [0.2, 0.25) is 5.91 Å². The first-order chi connectivity index (χ1) is 9.75. The average Bonchev–Trinajstić information content (AvgIpc) is 2.76. The van der Waals surface area contributed by atoms with E-state index in [1.807, 2.05) is 4.98 Å². The lowest BCUT2D eigenvalue weighted by Crippen LogP contribution is -2.22. The van der Waals surface area contributed by atoms with Crippen molar-refractivity contribution in [1.29, 1.82) is 0 Å². The van der Waals surface area contributed by atoms with Crippen molar-refractivity contribution >= 4 is 22.9 Å². The highest BCUT2D eigenvalue weighted by molar-refractivity contribution is 7.09. The minimum Gasteiger partial charge on any atom is -0.327 e. The molecule has 0 aliphatic heterocycles. The lowest BCUT2D eigenvalue weighted by atomic mass is 10.2. The number of anilines is 1. The van der Waals surface area contributed by atoms with Crippen LogP contribution in [-0.4, -0.2) is 15.9 Å². The molecule has 2 aromatic rings. The number of aromatic amines is 1. The molecule has 1 amide bonds. The van der Waals surface area contributed by atoms with Gasteiger partial charge in [0.05, 0.1) is 22.7 Å². The van der Waals surface area contributed by atoms with E-state index in [1.54, 1.807) is 12.3 Å². The van der Waals surface area contributed by atoms with Gasteiger partial charge in [-0.15, -0.1) is 11.3 Å². The van der Waals surface area contributed by atoms with Crippen LogP contribution in [0.3, 0.4) is 0 Å². The van der Waals surface area contributed by atoms with Crippen molar-refractivity contribution in [2.45, 2.75) is 19.5 Å². The summed E-state index contributed by atoms with van der Waals surface area (Å²) in [4.78, 5) is 29.2. The molecule has 2 rings (SSSR count). The van der Waals surface area contributed by atoms with Gasteiger partial charge in [0, 0.05) is 11.6 Å². The summed E-state index contributed by atoms with van der Waals surface area (Å²) in [6.45, 7) is 1.77. The van der Waals surface area contributed by atoms with Crippen LogP contribution in [0.25, 0.3) is 0 Å². The average molecular weight is 317 g/mol. The molecule has 0 bridgehead atoms. The Morgan fingerprint density at radius 2 is 2.19 bits per heavy atom.